The van der Waals surface area contributed by atoms with Gasteiger partial charge in [-0.3, -0.25) is 4.79 Å². The van der Waals surface area contributed by atoms with Gasteiger partial charge in [0, 0.05) is 27.2 Å². The molecule has 0 spiro atoms. The maximum Gasteiger partial charge on any atom is 0.265 e. The number of amides is 1. The van der Waals surface area contributed by atoms with E-state index in [9.17, 15) is 10.1 Å². The van der Waals surface area contributed by atoms with Crippen LogP contribution in [0.3, 0.4) is 0 Å². The number of carbonyl (C=O) groups excluding carboxylic acids is 1. The molecule has 6 heteroatoms. The Balaban J connectivity index is 2.43. The average molecular weight is 278 g/mol. The molecule has 0 radical (unpaired) electrons. The molecule has 1 saturated heterocycles. The average Bonchev–Trinajstić information content (AvgIpc) is 2.92. The third kappa shape index (κ3) is 2.38. The Morgan fingerprint density at radius 2 is 2.26 bits per heavy atom. The Hall–Kier alpha value is -1.74. The normalized spacial score (nSPS) is 18.4. The maximum absolute atomic E-state index is 12.1. The van der Waals surface area contributed by atoms with Gasteiger partial charge in [-0.25, -0.2) is 0 Å². The minimum absolute atomic E-state index is 0.141. The van der Waals surface area contributed by atoms with Gasteiger partial charge in [-0.15, -0.1) is 11.3 Å². The van der Waals surface area contributed by atoms with Crippen molar-refractivity contribution < 1.29 is 4.79 Å². The van der Waals surface area contributed by atoms with Crippen molar-refractivity contribution in [2.24, 2.45) is 5.92 Å². The lowest BCUT2D eigenvalue weighted by molar-refractivity contribution is 0.0833. The minimum atomic E-state index is -0.141. The molecule has 1 unspecified atom stereocenters. The van der Waals surface area contributed by atoms with Crippen molar-refractivity contribution in [1.29, 1.82) is 5.26 Å². The van der Waals surface area contributed by atoms with Crippen LogP contribution in [0.15, 0.2) is 0 Å². The SMILES string of the molecule is CC1CCN(c2sc(C(=O)N(C)C)c(N)c2C#N)C1. The number of thiophene rings is 1. The summed E-state index contributed by atoms with van der Waals surface area (Å²) in [6, 6.07) is 2.14. The summed E-state index contributed by atoms with van der Waals surface area (Å²) in [6.07, 6.45) is 1.11. The molecule has 5 nitrogen and oxygen atoms in total. The fourth-order valence-corrected chi connectivity index (χ4v) is 3.47. The molecule has 0 bridgehead atoms. The second-order valence-corrected chi connectivity index (χ2v) is 6.18. The van der Waals surface area contributed by atoms with Crippen LogP contribution in [0.5, 0.6) is 0 Å². The molecule has 0 saturated carbocycles. The van der Waals surface area contributed by atoms with Gasteiger partial charge in [-0.1, -0.05) is 6.92 Å². The van der Waals surface area contributed by atoms with Crippen LogP contribution in [-0.2, 0) is 0 Å². The zero-order chi connectivity index (χ0) is 14.2. The highest BCUT2D eigenvalue weighted by Crippen LogP contribution is 2.40. The van der Waals surface area contributed by atoms with Crippen molar-refractivity contribution in [2.75, 3.05) is 37.8 Å². The Labute approximate surface area is 117 Å². The topological polar surface area (TPSA) is 73.4 Å². The molecule has 1 aliphatic rings. The van der Waals surface area contributed by atoms with E-state index in [1.54, 1.807) is 14.1 Å². The van der Waals surface area contributed by atoms with Gasteiger partial charge in [-0.2, -0.15) is 5.26 Å². The molecule has 19 heavy (non-hydrogen) atoms. The van der Waals surface area contributed by atoms with Crippen molar-refractivity contribution in [1.82, 2.24) is 4.90 Å². The van der Waals surface area contributed by atoms with Crippen molar-refractivity contribution in [3.05, 3.63) is 10.4 Å². The van der Waals surface area contributed by atoms with Crippen LogP contribution in [0.4, 0.5) is 10.7 Å². The number of carbonyl (C=O) groups is 1. The van der Waals surface area contributed by atoms with Gasteiger partial charge >= 0.3 is 0 Å². The number of nitriles is 1. The summed E-state index contributed by atoms with van der Waals surface area (Å²) in [6.45, 7) is 4.03. The van der Waals surface area contributed by atoms with Gasteiger partial charge in [0.1, 0.15) is 21.5 Å². The quantitative estimate of drug-likeness (QED) is 0.894. The van der Waals surface area contributed by atoms with Gasteiger partial charge in [0.15, 0.2) is 0 Å². The smallest absolute Gasteiger partial charge is 0.265 e. The highest BCUT2D eigenvalue weighted by Gasteiger charge is 2.28. The molecular weight excluding hydrogens is 260 g/mol. The first-order valence-electron chi connectivity index (χ1n) is 6.24. The first-order valence-corrected chi connectivity index (χ1v) is 7.06. The first-order chi connectivity index (χ1) is 8.95. The van der Waals surface area contributed by atoms with Crippen molar-refractivity contribution >= 4 is 27.9 Å². The van der Waals surface area contributed by atoms with E-state index in [0.717, 1.165) is 24.5 Å². The molecule has 0 aromatic carbocycles. The van der Waals surface area contributed by atoms with Crippen molar-refractivity contribution in [2.45, 2.75) is 13.3 Å². The zero-order valence-electron chi connectivity index (χ0n) is 11.4. The Kier molecular flexibility index (Phi) is 3.67. The van der Waals surface area contributed by atoms with Crippen LogP contribution in [0.2, 0.25) is 0 Å². The highest BCUT2D eigenvalue weighted by atomic mass is 32.1. The van der Waals surface area contributed by atoms with Crippen LogP contribution in [0, 0.1) is 17.2 Å². The number of nitrogens with two attached hydrogens (primary N) is 1. The van der Waals surface area contributed by atoms with Gasteiger partial charge in [0.25, 0.3) is 5.91 Å². The lowest BCUT2D eigenvalue weighted by Gasteiger charge is -2.16. The van der Waals surface area contributed by atoms with Gasteiger partial charge in [0.05, 0.1) is 5.69 Å². The predicted octanol–water partition coefficient (Wildman–Crippen LogP) is 1.75. The van der Waals surface area contributed by atoms with E-state index < -0.39 is 0 Å². The van der Waals surface area contributed by atoms with E-state index in [0.29, 0.717) is 22.0 Å². The van der Waals surface area contributed by atoms with E-state index in [-0.39, 0.29) is 5.91 Å². The van der Waals surface area contributed by atoms with Gasteiger partial charge in [0.2, 0.25) is 0 Å². The lowest BCUT2D eigenvalue weighted by atomic mass is 10.2. The highest BCUT2D eigenvalue weighted by molar-refractivity contribution is 7.19. The molecule has 1 fully saturated rings. The third-order valence-corrected chi connectivity index (χ3v) is 4.60. The van der Waals surface area contributed by atoms with Crippen LogP contribution in [-0.4, -0.2) is 38.0 Å². The van der Waals surface area contributed by atoms with E-state index in [1.807, 2.05) is 0 Å². The van der Waals surface area contributed by atoms with Crippen molar-refractivity contribution in [3.63, 3.8) is 0 Å². The number of rotatable bonds is 2. The monoisotopic (exact) mass is 278 g/mol. The number of hydrogen-bond donors (Lipinski definition) is 1. The van der Waals surface area contributed by atoms with Gasteiger partial charge in [-0.05, 0) is 12.3 Å². The van der Waals surface area contributed by atoms with E-state index in [2.05, 4.69) is 17.9 Å². The molecule has 102 valence electrons. The zero-order valence-corrected chi connectivity index (χ0v) is 12.3. The van der Waals surface area contributed by atoms with E-state index in [1.165, 1.54) is 16.2 Å². The number of anilines is 2. The Morgan fingerprint density at radius 3 is 2.74 bits per heavy atom. The number of nitrogen functional groups attached to an aromatic ring is 1. The lowest BCUT2D eigenvalue weighted by Crippen LogP contribution is -2.21. The van der Waals surface area contributed by atoms with Crippen LogP contribution >= 0.6 is 11.3 Å². The number of nitrogens with zero attached hydrogens (tertiary/aromatic N) is 3. The molecule has 0 aliphatic carbocycles. The van der Waals surface area contributed by atoms with Crippen LogP contribution in [0.1, 0.15) is 28.6 Å². The van der Waals surface area contributed by atoms with Crippen LogP contribution in [0.25, 0.3) is 0 Å². The molecule has 1 aromatic heterocycles. The van der Waals surface area contributed by atoms with E-state index >= 15 is 0 Å². The molecule has 2 heterocycles. The van der Waals surface area contributed by atoms with E-state index in [4.69, 9.17) is 5.73 Å². The summed E-state index contributed by atoms with van der Waals surface area (Å²) >= 11 is 1.33. The molecular formula is C13H18N4OS. The predicted molar refractivity (Wildman–Crippen MR) is 77.5 cm³/mol. The Morgan fingerprint density at radius 1 is 1.58 bits per heavy atom. The fourth-order valence-electron chi connectivity index (χ4n) is 2.24. The minimum Gasteiger partial charge on any atom is -0.396 e. The van der Waals surface area contributed by atoms with Gasteiger partial charge < -0.3 is 15.5 Å². The maximum atomic E-state index is 12.1. The first kappa shape index (κ1) is 13.7. The Bertz CT molecular complexity index is 544. The molecule has 2 rings (SSSR count). The summed E-state index contributed by atoms with van der Waals surface area (Å²) in [5.74, 6) is 0.473. The molecule has 2 N–H and O–H groups in total. The number of hydrogen-bond acceptors (Lipinski definition) is 5. The molecule has 1 atom stereocenters. The second-order valence-electron chi connectivity index (χ2n) is 5.18. The molecule has 1 aliphatic heterocycles. The molecule has 1 amide bonds. The standard InChI is InChI=1S/C13H18N4OS/c1-8-4-5-17(7-8)13-9(6-14)10(15)11(19-13)12(18)16(2)3/h8H,4-5,7,15H2,1-3H3. The van der Waals surface area contributed by atoms with Crippen LogP contribution < -0.4 is 10.6 Å². The third-order valence-electron chi connectivity index (χ3n) is 3.35. The molecule has 1 aromatic rings. The second kappa shape index (κ2) is 5.10. The summed E-state index contributed by atoms with van der Waals surface area (Å²) in [7, 11) is 3.37. The largest absolute Gasteiger partial charge is 0.396 e. The summed E-state index contributed by atoms with van der Waals surface area (Å²) < 4.78 is 0. The summed E-state index contributed by atoms with van der Waals surface area (Å²) in [4.78, 5) is 16.2. The summed E-state index contributed by atoms with van der Waals surface area (Å²) in [5, 5.41) is 10.1. The van der Waals surface area contributed by atoms with Crippen molar-refractivity contribution in [3.8, 4) is 6.07 Å². The fraction of sp³-hybridized carbons (Fsp3) is 0.538. The summed E-state index contributed by atoms with van der Waals surface area (Å²) in [5.41, 5.74) is 6.74.